The van der Waals surface area contributed by atoms with Crippen molar-refractivity contribution < 1.29 is 4.74 Å². The van der Waals surface area contributed by atoms with Crippen LogP contribution in [0.15, 0.2) is 36.4 Å². The molecule has 1 aromatic rings. The second-order valence-corrected chi connectivity index (χ2v) is 3.52. The summed E-state index contributed by atoms with van der Waals surface area (Å²) in [7, 11) is 0. The molecule has 3 heteroatoms. The lowest BCUT2D eigenvalue weighted by Crippen LogP contribution is -2.09. The fraction of sp³-hybridized carbons (Fsp3) is 0.333. The standard InChI is InChI=1S/C12H16ClNO/c1-2-3-8-15-9-7-14-12-6-4-5-11(13)10-12/h2-6,10,14H,7-9H2,1H3. The van der Waals surface area contributed by atoms with Gasteiger partial charge in [-0.2, -0.15) is 0 Å². The van der Waals surface area contributed by atoms with Gasteiger partial charge in [0.05, 0.1) is 13.2 Å². The van der Waals surface area contributed by atoms with Crippen molar-refractivity contribution in [3.05, 3.63) is 41.4 Å². The number of hydrogen-bond acceptors (Lipinski definition) is 2. The van der Waals surface area contributed by atoms with Crippen molar-refractivity contribution in [3.8, 4) is 0 Å². The molecule has 0 atom stereocenters. The van der Waals surface area contributed by atoms with E-state index in [0.29, 0.717) is 13.2 Å². The first-order valence-corrected chi connectivity index (χ1v) is 5.39. The summed E-state index contributed by atoms with van der Waals surface area (Å²) >= 11 is 5.85. The molecule has 15 heavy (non-hydrogen) atoms. The predicted octanol–water partition coefficient (Wildman–Crippen LogP) is 3.34. The van der Waals surface area contributed by atoms with Gasteiger partial charge in [0.1, 0.15) is 0 Å². The van der Waals surface area contributed by atoms with Gasteiger partial charge in [0.2, 0.25) is 0 Å². The van der Waals surface area contributed by atoms with Gasteiger partial charge in [0.15, 0.2) is 0 Å². The van der Waals surface area contributed by atoms with Gasteiger partial charge in [-0.3, -0.25) is 0 Å². The van der Waals surface area contributed by atoms with Gasteiger partial charge in [-0.15, -0.1) is 0 Å². The molecule has 0 aliphatic heterocycles. The van der Waals surface area contributed by atoms with Crippen molar-refractivity contribution in [1.82, 2.24) is 0 Å². The number of halogens is 1. The van der Waals surface area contributed by atoms with Crippen LogP contribution in [0.2, 0.25) is 5.02 Å². The van der Waals surface area contributed by atoms with E-state index in [-0.39, 0.29) is 0 Å². The normalized spacial score (nSPS) is 10.8. The third-order valence-electron chi connectivity index (χ3n) is 1.85. The van der Waals surface area contributed by atoms with Crippen molar-refractivity contribution in [2.45, 2.75) is 6.92 Å². The van der Waals surface area contributed by atoms with E-state index in [9.17, 15) is 0 Å². The maximum absolute atomic E-state index is 5.85. The van der Waals surface area contributed by atoms with Crippen LogP contribution in [0.5, 0.6) is 0 Å². The molecule has 1 aromatic carbocycles. The highest BCUT2D eigenvalue weighted by Gasteiger charge is 1.92. The number of nitrogens with one attached hydrogen (secondary N) is 1. The molecule has 0 spiro atoms. The van der Waals surface area contributed by atoms with Crippen LogP contribution in [0, 0.1) is 0 Å². The zero-order valence-corrected chi connectivity index (χ0v) is 9.63. The number of benzene rings is 1. The number of ether oxygens (including phenoxy) is 1. The van der Waals surface area contributed by atoms with Crippen LogP contribution < -0.4 is 5.32 Å². The third-order valence-corrected chi connectivity index (χ3v) is 2.09. The Morgan fingerprint density at radius 1 is 1.47 bits per heavy atom. The van der Waals surface area contributed by atoms with Crippen molar-refractivity contribution >= 4 is 17.3 Å². The van der Waals surface area contributed by atoms with E-state index in [2.05, 4.69) is 5.32 Å². The van der Waals surface area contributed by atoms with Crippen LogP contribution in [0.1, 0.15) is 6.92 Å². The van der Waals surface area contributed by atoms with Gasteiger partial charge in [-0.25, -0.2) is 0 Å². The Bertz CT molecular complexity index is 312. The van der Waals surface area contributed by atoms with E-state index in [4.69, 9.17) is 16.3 Å². The number of anilines is 1. The molecule has 1 rings (SSSR count). The van der Waals surface area contributed by atoms with Gasteiger partial charge >= 0.3 is 0 Å². The summed E-state index contributed by atoms with van der Waals surface area (Å²) in [5, 5.41) is 3.97. The summed E-state index contributed by atoms with van der Waals surface area (Å²) in [6.45, 7) is 4.13. The molecule has 0 saturated carbocycles. The topological polar surface area (TPSA) is 21.3 Å². The zero-order chi connectivity index (χ0) is 10.9. The first kappa shape index (κ1) is 12.1. The molecule has 0 saturated heterocycles. The maximum Gasteiger partial charge on any atom is 0.0648 e. The smallest absolute Gasteiger partial charge is 0.0648 e. The Morgan fingerprint density at radius 2 is 2.33 bits per heavy atom. The van der Waals surface area contributed by atoms with Crippen molar-refractivity contribution in [1.29, 1.82) is 0 Å². The molecule has 0 fully saturated rings. The molecule has 0 aliphatic carbocycles. The van der Waals surface area contributed by atoms with Gasteiger partial charge in [0.25, 0.3) is 0 Å². The molecule has 0 aromatic heterocycles. The highest BCUT2D eigenvalue weighted by molar-refractivity contribution is 6.30. The number of allylic oxidation sites excluding steroid dienone is 1. The summed E-state index contributed by atoms with van der Waals surface area (Å²) in [5.41, 5.74) is 1.03. The second kappa shape index (κ2) is 7.32. The quantitative estimate of drug-likeness (QED) is 0.592. The number of hydrogen-bond donors (Lipinski definition) is 1. The molecule has 1 N–H and O–H groups in total. The minimum atomic E-state index is 0.674. The van der Waals surface area contributed by atoms with Crippen LogP contribution in [0.25, 0.3) is 0 Å². The van der Waals surface area contributed by atoms with E-state index >= 15 is 0 Å². The molecule has 2 nitrogen and oxygen atoms in total. The average molecular weight is 226 g/mol. The Labute approximate surface area is 95.9 Å². The van der Waals surface area contributed by atoms with Crippen LogP contribution in [0.3, 0.4) is 0 Å². The fourth-order valence-corrected chi connectivity index (χ4v) is 1.30. The Morgan fingerprint density at radius 3 is 3.07 bits per heavy atom. The van der Waals surface area contributed by atoms with E-state index < -0.39 is 0 Å². The lowest BCUT2D eigenvalue weighted by Gasteiger charge is -2.06. The van der Waals surface area contributed by atoms with E-state index in [1.54, 1.807) is 0 Å². The highest BCUT2D eigenvalue weighted by atomic mass is 35.5. The minimum Gasteiger partial charge on any atom is -0.383 e. The van der Waals surface area contributed by atoms with E-state index in [1.165, 1.54) is 0 Å². The van der Waals surface area contributed by atoms with E-state index in [0.717, 1.165) is 17.3 Å². The summed E-state index contributed by atoms with van der Waals surface area (Å²) < 4.78 is 5.34. The largest absolute Gasteiger partial charge is 0.383 e. The SMILES string of the molecule is CC=CCOCCNc1cccc(Cl)c1. The molecule has 0 unspecified atom stereocenters. The van der Waals surface area contributed by atoms with Gasteiger partial charge < -0.3 is 10.1 Å². The first-order chi connectivity index (χ1) is 7.33. The predicted molar refractivity (Wildman–Crippen MR) is 65.6 cm³/mol. The summed E-state index contributed by atoms with van der Waals surface area (Å²) in [6, 6.07) is 7.66. The highest BCUT2D eigenvalue weighted by Crippen LogP contribution is 2.14. The first-order valence-electron chi connectivity index (χ1n) is 5.01. The average Bonchev–Trinajstić information content (AvgIpc) is 2.23. The fourth-order valence-electron chi connectivity index (χ4n) is 1.11. The van der Waals surface area contributed by atoms with Crippen LogP contribution >= 0.6 is 11.6 Å². The summed E-state index contributed by atoms with van der Waals surface area (Å²) in [5.74, 6) is 0. The Hall–Kier alpha value is -0.990. The van der Waals surface area contributed by atoms with Crippen molar-refractivity contribution in [3.63, 3.8) is 0 Å². The molecule has 0 aliphatic rings. The lowest BCUT2D eigenvalue weighted by atomic mass is 10.3. The van der Waals surface area contributed by atoms with Gasteiger partial charge in [0, 0.05) is 17.3 Å². The number of rotatable bonds is 6. The molecule has 82 valence electrons. The van der Waals surface area contributed by atoms with E-state index in [1.807, 2.05) is 43.3 Å². The van der Waals surface area contributed by atoms with Crippen molar-refractivity contribution in [2.75, 3.05) is 25.1 Å². The molecule has 0 bridgehead atoms. The second-order valence-electron chi connectivity index (χ2n) is 3.08. The zero-order valence-electron chi connectivity index (χ0n) is 8.87. The van der Waals surface area contributed by atoms with Gasteiger partial charge in [-0.1, -0.05) is 29.8 Å². The minimum absolute atomic E-state index is 0.674. The van der Waals surface area contributed by atoms with Crippen molar-refractivity contribution in [2.24, 2.45) is 0 Å². The third kappa shape index (κ3) is 5.45. The van der Waals surface area contributed by atoms with Crippen LogP contribution in [-0.2, 0) is 4.74 Å². The van der Waals surface area contributed by atoms with Crippen LogP contribution in [-0.4, -0.2) is 19.8 Å². The molecular formula is C12H16ClNO. The maximum atomic E-state index is 5.85. The monoisotopic (exact) mass is 225 g/mol. The summed E-state index contributed by atoms with van der Waals surface area (Å²) in [6.07, 6.45) is 3.96. The molecule has 0 radical (unpaired) electrons. The summed E-state index contributed by atoms with van der Waals surface area (Å²) in [4.78, 5) is 0. The molecule has 0 amide bonds. The molecular weight excluding hydrogens is 210 g/mol. The van der Waals surface area contributed by atoms with Crippen LogP contribution in [0.4, 0.5) is 5.69 Å². The molecule has 0 heterocycles. The van der Waals surface area contributed by atoms with Gasteiger partial charge in [-0.05, 0) is 25.1 Å². The Balaban J connectivity index is 2.15. The Kier molecular flexibility index (Phi) is 5.90. The lowest BCUT2D eigenvalue weighted by molar-refractivity contribution is 0.173.